The summed E-state index contributed by atoms with van der Waals surface area (Å²) >= 11 is 5.89. The molecular formula is C20H21ClN2O3. The molecule has 136 valence electrons. The van der Waals surface area contributed by atoms with Crippen LogP contribution in [0.5, 0.6) is 0 Å². The van der Waals surface area contributed by atoms with Crippen LogP contribution in [0.4, 0.5) is 5.69 Å². The van der Waals surface area contributed by atoms with Crippen molar-refractivity contribution in [3.63, 3.8) is 0 Å². The van der Waals surface area contributed by atoms with E-state index in [1.165, 1.54) is 6.08 Å². The first-order chi connectivity index (χ1) is 12.5. The number of hydrogen-bond donors (Lipinski definition) is 2. The summed E-state index contributed by atoms with van der Waals surface area (Å²) in [6.07, 6.45) is 1.14. The first-order valence-electron chi connectivity index (χ1n) is 8.09. The van der Waals surface area contributed by atoms with Crippen molar-refractivity contribution in [2.24, 2.45) is 0 Å². The molecule has 2 N–H and O–H groups in total. The molecule has 0 aromatic heterocycles. The number of rotatable bonds is 8. The second-order valence-corrected chi connectivity index (χ2v) is 6.09. The zero-order valence-corrected chi connectivity index (χ0v) is 15.3. The van der Waals surface area contributed by atoms with Crippen LogP contribution in [0.2, 0.25) is 5.02 Å². The van der Waals surface area contributed by atoms with Crippen molar-refractivity contribution in [1.29, 1.82) is 0 Å². The van der Waals surface area contributed by atoms with Gasteiger partial charge in [0.25, 0.3) is 0 Å². The van der Waals surface area contributed by atoms with E-state index in [9.17, 15) is 9.59 Å². The van der Waals surface area contributed by atoms with Crippen molar-refractivity contribution in [1.82, 2.24) is 5.32 Å². The quantitative estimate of drug-likeness (QED) is 0.697. The van der Waals surface area contributed by atoms with Crippen molar-refractivity contribution in [2.45, 2.75) is 12.5 Å². The molecule has 6 heteroatoms. The van der Waals surface area contributed by atoms with Crippen LogP contribution in [-0.2, 0) is 20.7 Å². The van der Waals surface area contributed by atoms with Crippen LogP contribution in [0.1, 0.15) is 17.2 Å². The fourth-order valence-electron chi connectivity index (χ4n) is 2.42. The molecule has 0 spiro atoms. The number of methoxy groups -OCH3 is 1. The molecule has 0 aliphatic heterocycles. The highest BCUT2D eigenvalue weighted by Gasteiger charge is 2.12. The van der Waals surface area contributed by atoms with Crippen LogP contribution in [0, 0.1) is 0 Å². The molecule has 2 rings (SSSR count). The number of anilines is 1. The summed E-state index contributed by atoms with van der Waals surface area (Å²) in [5.74, 6) is -0.425. The van der Waals surface area contributed by atoms with E-state index in [0.717, 1.165) is 11.1 Å². The lowest BCUT2D eigenvalue weighted by molar-refractivity contribution is -0.121. The van der Waals surface area contributed by atoms with E-state index in [1.807, 2.05) is 18.2 Å². The second kappa shape index (κ2) is 9.75. The summed E-state index contributed by atoms with van der Waals surface area (Å²) in [4.78, 5) is 23.6. The Morgan fingerprint density at radius 1 is 1.23 bits per heavy atom. The van der Waals surface area contributed by atoms with Gasteiger partial charge in [0.2, 0.25) is 11.8 Å². The minimum absolute atomic E-state index is 0.131. The van der Waals surface area contributed by atoms with Crippen molar-refractivity contribution in [3.05, 3.63) is 77.3 Å². The van der Waals surface area contributed by atoms with E-state index in [4.69, 9.17) is 16.3 Å². The van der Waals surface area contributed by atoms with Gasteiger partial charge in [-0.25, -0.2) is 0 Å². The zero-order valence-electron chi connectivity index (χ0n) is 14.5. The Morgan fingerprint density at radius 3 is 2.62 bits per heavy atom. The molecule has 2 amide bonds. The average molecular weight is 373 g/mol. The fraction of sp³-hybridized carbons (Fsp3) is 0.200. The molecule has 2 aromatic carbocycles. The van der Waals surface area contributed by atoms with Gasteiger partial charge in [0.1, 0.15) is 0 Å². The SMILES string of the molecule is C=CC(=O)Nc1cccc(CC(=O)NCC(OC)c2ccc(Cl)cc2)c1. The van der Waals surface area contributed by atoms with Crippen LogP contribution < -0.4 is 10.6 Å². The van der Waals surface area contributed by atoms with Crippen LogP contribution >= 0.6 is 11.6 Å². The molecule has 2 aromatic rings. The first kappa shape index (κ1) is 19.7. The lowest BCUT2D eigenvalue weighted by Gasteiger charge is -2.17. The normalized spacial score (nSPS) is 11.5. The number of nitrogens with one attached hydrogen (secondary N) is 2. The predicted octanol–water partition coefficient (Wildman–Crippen LogP) is 3.51. The Bertz CT molecular complexity index is 775. The molecule has 0 fully saturated rings. The van der Waals surface area contributed by atoms with Gasteiger partial charge in [-0.3, -0.25) is 9.59 Å². The molecule has 0 bridgehead atoms. The predicted molar refractivity (Wildman–Crippen MR) is 103 cm³/mol. The van der Waals surface area contributed by atoms with Crippen molar-refractivity contribution in [2.75, 3.05) is 19.0 Å². The van der Waals surface area contributed by atoms with Gasteiger partial charge in [-0.15, -0.1) is 0 Å². The Labute approximate surface area is 158 Å². The molecule has 0 aliphatic rings. The average Bonchev–Trinajstić information content (AvgIpc) is 2.63. The largest absolute Gasteiger partial charge is 0.375 e. The highest BCUT2D eigenvalue weighted by Crippen LogP contribution is 2.18. The summed E-state index contributed by atoms with van der Waals surface area (Å²) < 4.78 is 5.44. The summed E-state index contributed by atoms with van der Waals surface area (Å²) in [7, 11) is 1.59. The van der Waals surface area contributed by atoms with E-state index in [1.54, 1.807) is 37.4 Å². The number of ether oxygens (including phenoxy) is 1. The molecular weight excluding hydrogens is 352 g/mol. The number of halogens is 1. The second-order valence-electron chi connectivity index (χ2n) is 5.65. The standard InChI is InChI=1S/C20H21ClN2O3/c1-3-19(24)23-17-6-4-5-14(11-17)12-20(25)22-13-18(26-2)15-7-9-16(21)10-8-15/h3-11,18H,1,12-13H2,2H3,(H,22,25)(H,23,24). The molecule has 0 heterocycles. The van der Waals surface area contributed by atoms with Gasteiger partial charge in [-0.1, -0.05) is 42.4 Å². The van der Waals surface area contributed by atoms with Crippen molar-refractivity contribution in [3.8, 4) is 0 Å². The van der Waals surface area contributed by atoms with Gasteiger partial charge in [-0.2, -0.15) is 0 Å². The summed E-state index contributed by atoms with van der Waals surface area (Å²) in [6.45, 7) is 3.76. The van der Waals surface area contributed by atoms with Crippen LogP contribution in [0.25, 0.3) is 0 Å². The number of carbonyl (C=O) groups excluding carboxylic acids is 2. The zero-order chi connectivity index (χ0) is 18.9. The maximum atomic E-state index is 12.2. The Morgan fingerprint density at radius 2 is 1.96 bits per heavy atom. The number of benzene rings is 2. The minimum atomic E-state index is -0.294. The summed E-state index contributed by atoms with van der Waals surface area (Å²) in [6, 6.07) is 14.4. The number of hydrogen-bond acceptors (Lipinski definition) is 3. The van der Waals surface area contributed by atoms with E-state index in [0.29, 0.717) is 17.3 Å². The maximum Gasteiger partial charge on any atom is 0.247 e. The van der Waals surface area contributed by atoms with Crippen LogP contribution in [0.15, 0.2) is 61.2 Å². The molecule has 1 atom stereocenters. The van der Waals surface area contributed by atoms with Crippen molar-refractivity contribution < 1.29 is 14.3 Å². The highest BCUT2D eigenvalue weighted by molar-refractivity contribution is 6.30. The molecule has 0 aliphatic carbocycles. The third-order valence-corrected chi connectivity index (χ3v) is 4.01. The van der Waals surface area contributed by atoms with Crippen molar-refractivity contribution >= 4 is 29.1 Å². The van der Waals surface area contributed by atoms with Gasteiger partial charge in [0, 0.05) is 24.4 Å². The molecule has 26 heavy (non-hydrogen) atoms. The molecule has 5 nitrogen and oxygen atoms in total. The minimum Gasteiger partial charge on any atom is -0.375 e. The summed E-state index contributed by atoms with van der Waals surface area (Å²) in [5, 5.41) is 6.19. The third-order valence-electron chi connectivity index (χ3n) is 3.76. The van der Waals surface area contributed by atoms with E-state index in [-0.39, 0.29) is 24.3 Å². The fourth-order valence-corrected chi connectivity index (χ4v) is 2.55. The maximum absolute atomic E-state index is 12.2. The first-order valence-corrected chi connectivity index (χ1v) is 8.47. The van der Waals surface area contributed by atoms with Gasteiger partial charge in [0.15, 0.2) is 0 Å². The Kier molecular flexibility index (Phi) is 7.38. The van der Waals surface area contributed by atoms with Gasteiger partial charge in [0.05, 0.1) is 12.5 Å². The van der Waals surface area contributed by atoms with Gasteiger partial charge in [-0.05, 0) is 41.5 Å². The molecule has 0 saturated carbocycles. The highest BCUT2D eigenvalue weighted by atomic mass is 35.5. The number of carbonyl (C=O) groups is 2. The molecule has 0 radical (unpaired) electrons. The van der Waals surface area contributed by atoms with Crippen LogP contribution in [-0.4, -0.2) is 25.5 Å². The topological polar surface area (TPSA) is 67.4 Å². The monoisotopic (exact) mass is 372 g/mol. The summed E-state index contributed by atoms with van der Waals surface area (Å²) in [5.41, 5.74) is 2.35. The Hall–Kier alpha value is -2.63. The van der Waals surface area contributed by atoms with E-state index in [2.05, 4.69) is 17.2 Å². The van der Waals surface area contributed by atoms with E-state index < -0.39 is 0 Å². The number of amides is 2. The van der Waals surface area contributed by atoms with Gasteiger partial charge < -0.3 is 15.4 Å². The smallest absolute Gasteiger partial charge is 0.247 e. The molecule has 0 saturated heterocycles. The third kappa shape index (κ3) is 6.02. The lowest BCUT2D eigenvalue weighted by Crippen LogP contribution is -2.30. The van der Waals surface area contributed by atoms with Gasteiger partial charge >= 0.3 is 0 Å². The Balaban J connectivity index is 1.91. The van der Waals surface area contributed by atoms with E-state index >= 15 is 0 Å². The molecule has 1 unspecified atom stereocenters. The lowest BCUT2D eigenvalue weighted by atomic mass is 10.1. The van der Waals surface area contributed by atoms with Crippen LogP contribution in [0.3, 0.4) is 0 Å².